The average molecular weight is 404 g/mol. The Balaban J connectivity index is 1.81. The van der Waals surface area contributed by atoms with Gasteiger partial charge in [0.15, 0.2) is 5.82 Å². The summed E-state index contributed by atoms with van der Waals surface area (Å²) < 4.78 is 27.6. The van der Waals surface area contributed by atoms with Crippen molar-refractivity contribution < 1.29 is 8.78 Å². The fourth-order valence-corrected chi connectivity index (χ4v) is 3.67. The summed E-state index contributed by atoms with van der Waals surface area (Å²) in [6.45, 7) is 0. The van der Waals surface area contributed by atoms with E-state index in [-0.39, 0.29) is 17.4 Å². The molecule has 0 saturated heterocycles. The van der Waals surface area contributed by atoms with Crippen molar-refractivity contribution in [3.05, 3.63) is 64.6 Å². The van der Waals surface area contributed by atoms with E-state index >= 15 is 0 Å². The summed E-state index contributed by atoms with van der Waals surface area (Å²) >= 11 is 1.54. The zero-order valence-electron chi connectivity index (χ0n) is 15.4. The van der Waals surface area contributed by atoms with E-state index in [0.717, 1.165) is 49.1 Å². The number of hydrogen-bond acceptors (Lipinski definition) is 5. The van der Waals surface area contributed by atoms with Crippen LogP contribution in [0.4, 0.5) is 8.78 Å². The molecule has 2 aromatic rings. The molecular formula is C20H23F2N5S. The molecule has 0 aliphatic heterocycles. The molecule has 0 atom stereocenters. The van der Waals surface area contributed by atoms with Gasteiger partial charge >= 0.3 is 0 Å². The summed E-state index contributed by atoms with van der Waals surface area (Å²) in [7, 11) is 0. The number of thioether (sulfide) groups is 1. The zero-order valence-corrected chi connectivity index (χ0v) is 16.3. The van der Waals surface area contributed by atoms with Crippen LogP contribution in [0.25, 0.3) is 5.70 Å². The summed E-state index contributed by atoms with van der Waals surface area (Å²) in [5.41, 5.74) is 7.59. The zero-order chi connectivity index (χ0) is 19.8. The quantitative estimate of drug-likeness (QED) is 0.402. The van der Waals surface area contributed by atoms with Gasteiger partial charge in [0.2, 0.25) is 5.95 Å². The molecule has 8 heteroatoms. The number of nitrogens with two attached hydrogens (primary N) is 1. The summed E-state index contributed by atoms with van der Waals surface area (Å²) in [6.07, 6.45) is 12.6. The standard InChI is InChI=1S/C20H23F2N5S/c21-17-6-7-18(22)27-20(17)19(23)15(12-24-16-4-2-1-3-5-16)8-9-28-13-14-10-25-26-11-14/h6-12,16H,1-5,13,23H2,(H,25,26)/b9-8+,19-15-,24-12?. The van der Waals surface area contributed by atoms with Crippen LogP contribution in [0.2, 0.25) is 0 Å². The second-order valence-electron chi connectivity index (χ2n) is 6.62. The van der Waals surface area contributed by atoms with Crippen LogP contribution in [0.15, 0.2) is 46.6 Å². The Hall–Kier alpha value is -2.48. The highest BCUT2D eigenvalue weighted by Gasteiger charge is 2.14. The molecule has 0 unspecified atom stereocenters. The molecule has 0 aromatic carbocycles. The van der Waals surface area contributed by atoms with Gasteiger partial charge in [0.1, 0.15) is 5.69 Å². The van der Waals surface area contributed by atoms with Crippen LogP contribution < -0.4 is 5.73 Å². The van der Waals surface area contributed by atoms with Crippen LogP contribution in [-0.4, -0.2) is 27.4 Å². The molecule has 0 bridgehead atoms. The Kier molecular flexibility index (Phi) is 7.36. The van der Waals surface area contributed by atoms with E-state index in [9.17, 15) is 8.78 Å². The lowest BCUT2D eigenvalue weighted by Gasteiger charge is -2.17. The van der Waals surface area contributed by atoms with Gasteiger partial charge in [-0.05, 0) is 36.5 Å². The molecule has 2 heterocycles. The van der Waals surface area contributed by atoms with Gasteiger partial charge in [-0.2, -0.15) is 9.49 Å². The number of nitrogens with zero attached hydrogens (tertiary/aromatic N) is 3. The van der Waals surface area contributed by atoms with Crippen molar-refractivity contribution in [1.82, 2.24) is 15.2 Å². The molecule has 0 radical (unpaired) electrons. The highest BCUT2D eigenvalue weighted by molar-refractivity contribution is 8.01. The number of aromatic nitrogens is 3. The second-order valence-corrected chi connectivity index (χ2v) is 7.52. The van der Waals surface area contributed by atoms with Crippen molar-refractivity contribution in [2.24, 2.45) is 10.7 Å². The number of rotatable bonds is 7. The SMILES string of the molecule is N/C(=C(C=NC1CCCCC1)/C=C/SCc1cn[nH]c1)c1nc(F)ccc1F. The van der Waals surface area contributed by atoms with Gasteiger partial charge in [0.25, 0.3) is 0 Å². The highest BCUT2D eigenvalue weighted by Crippen LogP contribution is 2.22. The average Bonchev–Trinajstić information content (AvgIpc) is 3.23. The maximum absolute atomic E-state index is 14.1. The molecule has 1 fully saturated rings. The van der Waals surface area contributed by atoms with Crippen molar-refractivity contribution >= 4 is 23.7 Å². The van der Waals surface area contributed by atoms with E-state index < -0.39 is 11.8 Å². The smallest absolute Gasteiger partial charge is 0.213 e. The van der Waals surface area contributed by atoms with Crippen molar-refractivity contribution in [2.45, 2.75) is 43.9 Å². The molecule has 1 saturated carbocycles. The molecule has 5 nitrogen and oxygen atoms in total. The monoisotopic (exact) mass is 403 g/mol. The molecule has 148 valence electrons. The highest BCUT2D eigenvalue weighted by atomic mass is 32.2. The minimum absolute atomic E-state index is 0.0664. The van der Waals surface area contributed by atoms with E-state index in [1.807, 2.05) is 11.6 Å². The molecule has 3 N–H and O–H groups in total. The predicted octanol–water partition coefficient (Wildman–Crippen LogP) is 4.60. The lowest BCUT2D eigenvalue weighted by Crippen LogP contribution is -2.11. The third-order valence-corrected chi connectivity index (χ3v) is 5.35. The van der Waals surface area contributed by atoms with E-state index in [0.29, 0.717) is 5.57 Å². The second kappa shape index (κ2) is 10.2. The number of halogens is 2. The number of aliphatic imine (C=N–C) groups is 1. The number of allylic oxidation sites excluding steroid dienone is 2. The first kappa shape index (κ1) is 20.3. The Morgan fingerprint density at radius 1 is 1.29 bits per heavy atom. The molecule has 28 heavy (non-hydrogen) atoms. The Morgan fingerprint density at radius 3 is 2.86 bits per heavy atom. The maximum atomic E-state index is 14.1. The van der Waals surface area contributed by atoms with Crippen LogP contribution in [-0.2, 0) is 5.75 Å². The van der Waals surface area contributed by atoms with Gasteiger partial charge in [-0.1, -0.05) is 19.3 Å². The summed E-state index contributed by atoms with van der Waals surface area (Å²) in [4.78, 5) is 8.25. The minimum atomic E-state index is -0.777. The largest absolute Gasteiger partial charge is 0.396 e. The number of hydrogen-bond donors (Lipinski definition) is 2. The van der Waals surface area contributed by atoms with Crippen LogP contribution in [0.5, 0.6) is 0 Å². The Bertz CT molecular complexity index is 855. The van der Waals surface area contributed by atoms with Crippen molar-refractivity contribution in [3.8, 4) is 0 Å². The summed E-state index contributed by atoms with van der Waals surface area (Å²) in [6, 6.07) is 2.24. The fraction of sp³-hybridized carbons (Fsp3) is 0.350. The number of pyridine rings is 1. The molecule has 2 aromatic heterocycles. The lowest BCUT2D eigenvalue weighted by atomic mass is 9.96. The lowest BCUT2D eigenvalue weighted by molar-refractivity contribution is 0.444. The third-order valence-electron chi connectivity index (χ3n) is 4.53. The first-order valence-corrected chi connectivity index (χ1v) is 10.3. The maximum Gasteiger partial charge on any atom is 0.213 e. The number of H-pyrrole nitrogens is 1. The van der Waals surface area contributed by atoms with Crippen molar-refractivity contribution in [2.75, 3.05) is 0 Å². The Morgan fingerprint density at radius 2 is 2.11 bits per heavy atom. The normalized spacial score (nSPS) is 16.8. The number of aromatic amines is 1. The van der Waals surface area contributed by atoms with E-state index in [2.05, 4.69) is 20.2 Å². The molecule has 0 amide bonds. The van der Waals surface area contributed by atoms with E-state index in [4.69, 9.17) is 5.73 Å². The predicted molar refractivity (Wildman–Crippen MR) is 110 cm³/mol. The Labute approximate surface area is 167 Å². The van der Waals surface area contributed by atoms with Gasteiger partial charge in [-0.25, -0.2) is 9.37 Å². The van der Waals surface area contributed by atoms with Crippen LogP contribution in [0, 0.1) is 11.8 Å². The van der Waals surface area contributed by atoms with Crippen LogP contribution in [0.3, 0.4) is 0 Å². The minimum Gasteiger partial charge on any atom is -0.396 e. The van der Waals surface area contributed by atoms with Crippen molar-refractivity contribution in [3.63, 3.8) is 0 Å². The molecule has 1 aliphatic carbocycles. The fourth-order valence-electron chi connectivity index (χ4n) is 2.98. The van der Waals surface area contributed by atoms with Gasteiger partial charge in [0.05, 0.1) is 11.9 Å². The molecule has 3 rings (SSSR count). The van der Waals surface area contributed by atoms with Crippen molar-refractivity contribution in [1.29, 1.82) is 0 Å². The van der Waals surface area contributed by atoms with Gasteiger partial charge in [0, 0.05) is 35.3 Å². The van der Waals surface area contributed by atoms with Gasteiger partial charge < -0.3 is 5.73 Å². The van der Waals surface area contributed by atoms with Crippen LogP contribution in [0.1, 0.15) is 43.4 Å². The van der Waals surface area contributed by atoms with E-state index in [1.165, 1.54) is 6.42 Å². The number of nitrogens with one attached hydrogen (secondary N) is 1. The molecule has 0 spiro atoms. The molecular weight excluding hydrogens is 380 g/mol. The first-order valence-electron chi connectivity index (χ1n) is 9.24. The topological polar surface area (TPSA) is 80.0 Å². The van der Waals surface area contributed by atoms with Crippen LogP contribution >= 0.6 is 11.8 Å². The summed E-state index contributed by atoms with van der Waals surface area (Å²) in [5.74, 6) is -0.713. The third kappa shape index (κ3) is 5.76. The van der Waals surface area contributed by atoms with Gasteiger partial charge in [-0.3, -0.25) is 10.1 Å². The van der Waals surface area contributed by atoms with Gasteiger partial charge in [-0.15, -0.1) is 11.8 Å². The molecule has 1 aliphatic rings. The first-order chi connectivity index (χ1) is 13.6. The summed E-state index contributed by atoms with van der Waals surface area (Å²) in [5, 5.41) is 8.53. The van der Waals surface area contributed by atoms with E-state index in [1.54, 1.807) is 30.2 Å².